The average Bonchev–Trinajstić information content (AvgIpc) is 3.20. The second kappa shape index (κ2) is 7.55. The van der Waals surface area contributed by atoms with Gasteiger partial charge in [-0.15, -0.1) is 0 Å². The Hall–Kier alpha value is -2.65. The van der Waals surface area contributed by atoms with Crippen LogP contribution in [0.15, 0.2) is 30.6 Å². The summed E-state index contributed by atoms with van der Waals surface area (Å²) in [6.45, 7) is 9.09. The van der Waals surface area contributed by atoms with Crippen molar-refractivity contribution in [3.05, 3.63) is 41.9 Å². The maximum Gasteiger partial charge on any atom is 0.264 e. The number of fused-ring (bicyclic) bond motifs is 3. The molecule has 0 aliphatic carbocycles. The minimum Gasteiger partial charge on any atom is -0.491 e. The van der Waals surface area contributed by atoms with E-state index in [1.54, 1.807) is 6.92 Å². The normalized spacial score (nSPS) is 14.7. The van der Waals surface area contributed by atoms with Crippen LogP contribution in [-0.4, -0.2) is 40.4 Å². The molecule has 8 nitrogen and oxygen atoms in total. The molecule has 9 heteroatoms. The molecular formula is C21H26N4O4S. The average molecular weight is 431 g/mol. The number of aromatic nitrogens is 4. The highest BCUT2D eigenvalue weighted by atomic mass is 32.2. The van der Waals surface area contributed by atoms with Crippen LogP contribution in [0.1, 0.15) is 44.2 Å². The quantitative estimate of drug-likeness (QED) is 0.573. The van der Waals surface area contributed by atoms with Gasteiger partial charge in [0.1, 0.15) is 23.9 Å². The summed E-state index contributed by atoms with van der Waals surface area (Å²) < 4.78 is 38.3. The fraction of sp³-hybridized carbons (Fsp3) is 0.429. The number of benzene rings is 1. The Morgan fingerprint density at radius 1 is 1.13 bits per heavy atom. The highest BCUT2D eigenvalue weighted by Crippen LogP contribution is 2.36. The minimum atomic E-state index is -3.57. The molecular weight excluding hydrogens is 404 g/mol. The fourth-order valence-electron chi connectivity index (χ4n) is 3.68. The number of nitrogens with zero attached hydrogens (tertiary/aromatic N) is 4. The summed E-state index contributed by atoms with van der Waals surface area (Å²) >= 11 is 0. The van der Waals surface area contributed by atoms with Crippen molar-refractivity contribution in [3.8, 4) is 28.7 Å². The van der Waals surface area contributed by atoms with Gasteiger partial charge in [0.05, 0.1) is 30.2 Å². The molecule has 0 N–H and O–H groups in total. The summed E-state index contributed by atoms with van der Waals surface area (Å²) in [6, 6.07) is 5.82. The van der Waals surface area contributed by atoms with E-state index in [0.29, 0.717) is 18.9 Å². The van der Waals surface area contributed by atoms with Gasteiger partial charge in [0, 0.05) is 18.4 Å². The molecule has 0 spiro atoms. The predicted octanol–water partition coefficient (Wildman–Crippen LogP) is 3.73. The predicted molar refractivity (Wildman–Crippen MR) is 114 cm³/mol. The zero-order valence-corrected chi connectivity index (χ0v) is 18.6. The minimum absolute atomic E-state index is 0.263. The van der Waals surface area contributed by atoms with Crippen LogP contribution in [0.2, 0.25) is 0 Å². The number of aryl methyl sites for hydroxylation is 1. The lowest BCUT2D eigenvalue weighted by Crippen LogP contribution is -2.07. The Morgan fingerprint density at radius 2 is 1.90 bits per heavy atom. The van der Waals surface area contributed by atoms with Crippen LogP contribution in [0.3, 0.4) is 0 Å². The Labute approximate surface area is 176 Å². The van der Waals surface area contributed by atoms with Crippen molar-refractivity contribution in [2.75, 3.05) is 12.9 Å². The molecule has 0 bridgehead atoms. The fourth-order valence-corrected chi connectivity index (χ4v) is 4.32. The Kier molecular flexibility index (Phi) is 5.19. The third kappa shape index (κ3) is 3.99. The summed E-state index contributed by atoms with van der Waals surface area (Å²) in [5, 5.41) is 0. The van der Waals surface area contributed by atoms with Crippen molar-refractivity contribution in [3.63, 3.8) is 0 Å². The van der Waals surface area contributed by atoms with E-state index < -0.39 is 16.2 Å². The van der Waals surface area contributed by atoms with Gasteiger partial charge in [-0.1, -0.05) is 6.07 Å². The molecule has 0 radical (unpaired) electrons. The molecule has 4 rings (SSSR count). The van der Waals surface area contributed by atoms with Gasteiger partial charge in [-0.25, -0.2) is 9.97 Å². The summed E-state index contributed by atoms with van der Waals surface area (Å²) in [4.78, 5) is 9.57. The van der Waals surface area contributed by atoms with Gasteiger partial charge in [-0.05, 0) is 45.4 Å². The molecule has 3 heterocycles. The van der Waals surface area contributed by atoms with E-state index in [2.05, 4.69) is 28.0 Å². The Balaban J connectivity index is 1.80. The molecule has 30 heavy (non-hydrogen) atoms. The van der Waals surface area contributed by atoms with E-state index >= 15 is 0 Å². The Morgan fingerprint density at radius 3 is 2.60 bits per heavy atom. The molecule has 3 aromatic rings. The number of imidazole rings is 2. The van der Waals surface area contributed by atoms with E-state index in [-0.39, 0.29) is 6.04 Å². The lowest BCUT2D eigenvalue weighted by Gasteiger charge is -2.14. The van der Waals surface area contributed by atoms with E-state index in [9.17, 15) is 8.42 Å². The van der Waals surface area contributed by atoms with E-state index in [0.717, 1.165) is 40.4 Å². The summed E-state index contributed by atoms with van der Waals surface area (Å²) in [5.41, 5.74) is 3.28. The van der Waals surface area contributed by atoms with Crippen LogP contribution in [-0.2, 0) is 20.8 Å². The molecule has 1 atom stereocenters. The molecule has 1 unspecified atom stereocenters. The number of ether oxygens (including phenoxy) is 1. The van der Waals surface area contributed by atoms with E-state index in [1.165, 1.54) is 0 Å². The van der Waals surface area contributed by atoms with Gasteiger partial charge >= 0.3 is 0 Å². The molecule has 1 aromatic carbocycles. The van der Waals surface area contributed by atoms with Crippen molar-refractivity contribution in [1.29, 1.82) is 0 Å². The van der Waals surface area contributed by atoms with Gasteiger partial charge in [0.25, 0.3) is 10.1 Å². The van der Waals surface area contributed by atoms with Crippen LogP contribution in [0.4, 0.5) is 0 Å². The monoisotopic (exact) mass is 430 g/mol. The highest BCUT2D eigenvalue weighted by molar-refractivity contribution is 7.86. The molecule has 2 aromatic heterocycles. The van der Waals surface area contributed by atoms with Crippen LogP contribution < -0.4 is 4.74 Å². The number of hydrogen-bond acceptors (Lipinski definition) is 6. The molecule has 0 saturated heterocycles. The largest absolute Gasteiger partial charge is 0.491 e. The summed E-state index contributed by atoms with van der Waals surface area (Å²) in [6.07, 6.45) is 4.47. The highest BCUT2D eigenvalue weighted by Gasteiger charge is 2.23. The van der Waals surface area contributed by atoms with E-state index in [1.807, 2.05) is 37.5 Å². The maximum absolute atomic E-state index is 11.5. The van der Waals surface area contributed by atoms with Gasteiger partial charge in [-0.3, -0.25) is 4.18 Å². The first-order valence-corrected chi connectivity index (χ1v) is 11.7. The van der Waals surface area contributed by atoms with Crippen LogP contribution >= 0.6 is 0 Å². The van der Waals surface area contributed by atoms with Crippen molar-refractivity contribution < 1.29 is 17.3 Å². The van der Waals surface area contributed by atoms with Crippen LogP contribution in [0.25, 0.3) is 22.9 Å². The lowest BCUT2D eigenvalue weighted by atomic mass is 10.1. The molecule has 1 aliphatic heterocycles. The van der Waals surface area contributed by atoms with Crippen molar-refractivity contribution >= 4 is 10.1 Å². The molecule has 0 saturated carbocycles. The van der Waals surface area contributed by atoms with Gasteiger partial charge in [0.2, 0.25) is 0 Å². The van der Waals surface area contributed by atoms with Crippen molar-refractivity contribution in [1.82, 2.24) is 19.1 Å². The first-order valence-electron chi connectivity index (χ1n) is 9.91. The molecule has 1 aliphatic rings. The smallest absolute Gasteiger partial charge is 0.264 e. The first-order chi connectivity index (χ1) is 14.1. The third-order valence-corrected chi connectivity index (χ3v) is 5.68. The molecule has 0 fully saturated rings. The van der Waals surface area contributed by atoms with Crippen molar-refractivity contribution in [2.45, 2.75) is 46.4 Å². The van der Waals surface area contributed by atoms with Gasteiger partial charge in [0.15, 0.2) is 5.82 Å². The lowest BCUT2D eigenvalue weighted by molar-refractivity contribution is 0.236. The zero-order valence-electron chi connectivity index (χ0n) is 17.8. The van der Waals surface area contributed by atoms with Gasteiger partial charge < -0.3 is 13.9 Å². The topological polar surface area (TPSA) is 88.2 Å². The van der Waals surface area contributed by atoms with Gasteiger partial charge in [-0.2, -0.15) is 8.42 Å². The third-order valence-electron chi connectivity index (χ3n) is 5.04. The molecule has 0 amide bonds. The Bertz CT molecular complexity index is 1190. The summed E-state index contributed by atoms with van der Waals surface area (Å²) in [5.74, 6) is 2.31. The second-order valence-corrected chi connectivity index (χ2v) is 9.50. The first kappa shape index (κ1) is 20.6. The van der Waals surface area contributed by atoms with Crippen LogP contribution in [0, 0.1) is 6.92 Å². The second-order valence-electron chi connectivity index (χ2n) is 7.90. The van der Waals surface area contributed by atoms with E-state index in [4.69, 9.17) is 13.9 Å². The SMILES string of the molecule is Cc1cn(C(C)C)c(-c2cn3c(n2)-c2cc(C(C)OS(C)(=O)=O)ccc2OCC3)n1. The summed E-state index contributed by atoms with van der Waals surface area (Å²) in [7, 11) is -3.57. The molecule has 160 valence electrons. The number of rotatable bonds is 5. The standard InChI is InChI=1S/C21H26N4O4S/c1-13(2)25-11-14(3)22-21(25)18-12-24-8-9-28-19-7-6-16(10-17(19)20(24)23-18)15(4)29-30(5,26)27/h6-7,10-13,15H,8-9H2,1-5H3. The van der Waals surface area contributed by atoms with Crippen LogP contribution in [0.5, 0.6) is 5.75 Å². The maximum atomic E-state index is 11.5. The van der Waals surface area contributed by atoms with Crippen molar-refractivity contribution in [2.24, 2.45) is 0 Å². The zero-order chi connectivity index (χ0) is 21.6. The number of hydrogen-bond donors (Lipinski definition) is 0.